The fraction of sp³-hybridized carbons (Fsp3) is 0.429. The summed E-state index contributed by atoms with van der Waals surface area (Å²) in [5.74, 6) is 2.40. The second-order valence-corrected chi connectivity index (χ2v) is 5.72. The molecule has 0 fully saturated rings. The average molecular weight is 338 g/mol. The van der Waals surface area contributed by atoms with Crippen LogP contribution in [0.5, 0.6) is 11.5 Å². The third-order valence-corrected chi connectivity index (χ3v) is 4.10. The number of hydrogen-bond donors (Lipinski definition) is 1. The summed E-state index contributed by atoms with van der Waals surface area (Å²) >= 11 is 3.53. The number of benzene rings is 1. The predicted octanol–water partition coefficient (Wildman–Crippen LogP) is 2.71. The van der Waals surface area contributed by atoms with E-state index >= 15 is 0 Å². The molecule has 0 aliphatic carbocycles. The van der Waals surface area contributed by atoms with Gasteiger partial charge in [0, 0.05) is 17.9 Å². The maximum Gasteiger partial charge on any atom is 0.175 e. The molecule has 0 saturated heterocycles. The van der Waals surface area contributed by atoms with Crippen LogP contribution in [0.1, 0.15) is 25.3 Å². The zero-order chi connectivity index (χ0) is 14.1. The number of fused-ring (bicyclic) bond motifs is 1. The van der Waals surface area contributed by atoms with Crippen LogP contribution in [0.25, 0.3) is 0 Å². The Bertz CT molecular complexity index is 598. The molecular weight excluding hydrogens is 322 g/mol. The van der Waals surface area contributed by atoms with E-state index in [1.807, 2.05) is 12.1 Å². The molecule has 0 radical (unpaired) electrons. The van der Waals surface area contributed by atoms with Crippen LogP contribution in [-0.2, 0) is 0 Å². The van der Waals surface area contributed by atoms with Gasteiger partial charge in [0.1, 0.15) is 19.0 Å². The zero-order valence-electron chi connectivity index (χ0n) is 11.2. The van der Waals surface area contributed by atoms with E-state index in [1.54, 1.807) is 0 Å². The van der Waals surface area contributed by atoms with Gasteiger partial charge in [-0.25, -0.2) is 0 Å². The molecule has 0 amide bonds. The minimum atomic E-state index is 0.293. The average Bonchev–Trinajstić information content (AvgIpc) is 2.47. The van der Waals surface area contributed by atoms with E-state index in [9.17, 15) is 0 Å². The van der Waals surface area contributed by atoms with Crippen molar-refractivity contribution < 1.29 is 9.47 Å². The van der Waals surface area contributed by atoms with Gasteiger partial charge in [-0.05, 0) is 34.5 Å². The molecule has 0 aromatic heterocycles. The number of rotatable bonds is 2. The first-order valence-electron chi connectivity index (χ1n) is 6.68. The van der Waals surface area contributed by atoms with E-state index in [4.69, 9.17) is 15.2 Å². The molecule has 106 valence electrons. The van der Waals surface area contributed by atoms with Gasteiger partial charge < -0.3 is 15.2 Å². The predicted molar refractivity (Wildman–Crippen MR) is 81.7 cm³/mol. The van der Waals surface area contributed by atoms with Crippen LogP contribution in [0.2, 0.25) is 0 Å². The van der Waals surface area contributed by atoms with Crippen molar-refractivity contribution in [1.29, 1.82) is 0 Å². The summed E-state index contributed by atoms with van der Waals surface area (Å²) in [6.45, 7) is 3.27. The van der Waals surface area contributed by atoms with Crippen LogP contribution in [0.3, 0.4) is 0 Å². The first-order valence-corrected chi connectivity index (χ1v) is 7.47. The van der Waals surface area contributed by atoms with Gasteiger partial charge in [0.25, 0.3) is 0 Å². The van der Waals surface area contributed by atoms with E-state index < -0.39 is 0 Å². The lowest BCUT2D eigenvalue weighted by molar-refractivity contribution is 0.170. The summed E-state index contributed by atoms with van der Waals surface area (Å²) in [5, 5.41) is 8.31. The molecular formula is C14H16BrN3O2. The molecule has 0 bridgehead atoms. The van der Waals surface area contributed by atoms with Crippen molar-refractivity contribution in [2.24, 2.45) is 21.9 Å². The molecule has 1 aromatic rings. The lowest BCUT2D eigenvalue weighted by Crippen LogP contribution is -2.27. The highest BCUT2D eigenvalue weighted by Gasteiger charge is 2.24. The van der Waals surface area contributed by atoms with Gasteiger partial charge in [-0.1, -0.05) is 6.92 Å². The Morgan fingerprint density at radius 1 is 1.30 bits per heavy atom. The smallest absolute Gasteiger partial charge is 0.175 e. The van der Waals surface area contributed by atoms with Crippen molar-refractivity contribution in [2.75, 3.05) is 13.2 Å². The molecule has 0 saturated carbocycles. The summed E-state index contributed by atoms with van der Waals surface area (Å²) in [6, 6.07) is 3.98. The molecule has 1 atom stereocenters. The van der Waals surface area contributed by atoms with E-state index in [0.717, 1.165) is 40.1 Å². The number of hydrogen-bond acceptors (Lipinski definition) is 5. The molecule has 1 aromatic carbocycles. The minimum Gasteiger partial charge on any atom is -0.486 e. The molecule has 2 aliphatic heterocycles. The highest BCUT2D eigenvalue weighted by atomic mass is 79.9. The Kier molecular flexibility index (Phi) is 3.65. The quantitative estimate of drug-likeness (QED) is 0.901. The molecule has 6 heteroatoms. The van der Waals surface area contributed by atoms with E-state index in [2.05, 4.69) is 33.1 Å². The summed E-state index contributed by atoms with van der Waals surface area (Å²) in [5.41, 5.74) is 7.73. The molecule has 2 N–H and O–H groups in total. The van der Waals surface area contributed by atoms with Crippen molar-refractivity contribution in [1.82, 2.24) is 0 Å². The Balaban J connectivity index is 2.04. The van der Waals surface area contributed by atoms with Gasteiger partial charge in [-0.2, -0.15) is 5.10 Å². The molecule has 3 rings (SSSR count). The maximum absolute atomic E-state index is 5.77. The molecule has 5 nitrogen and oxygen atoms in total. The standard InChI is InChI=1S/C14H16BrN3O2/c1-2-8-7-12(16)17-18-13(8)9-5-10(15)14-11(6-9)19-3-4-20-14/h5-6,8H,2-4,7H2,1H3,(H2,16,17). The fourth-order valence-electron chi connectivity index (χ4n) is 2.48. The Morgan fingerprint density at radius 3 is 2.90 bits per heavy atom. The van der Waals surface area contributed by atoms with Gasteiger partial charge in [0.05, 0.1) is 10.2 Å². The van der Waals surface area contributed by atoms with Gasteiger partial charge >= 0.3 is 0 Å². The van der Waals surface area contributed by atoms with Crippen LogP contribution < -0.4 is 15.2 Å². The lowest BCUT2D eigenvalue weighted by atomic mass is 9.90. The number of nitrogens with zero attached hydrogens (tertiary/aromatic N) is 2. The van der Waals surface area contributed by atoms with Gasteiger partial charge in [0.2, 0.25) is 0 Å². The first kappa shape index (κ1) is 13.4. The molecule has 2 aliphatic rings. The van der Waals surface area contributed by atoms with Crippen molar-refractivity contribution >= 4 is 27.5 Å². The summed E-state index contributed by atoms with van der Waals surface area (Å²) < 4.78 is 12.1. The highest BCUT2D eigenvalue weighted by Crippen LogP contribution is 2.39. The molecule has 20 heavy (non-hydrogen) atoms. The highest BCUT2D eigenvalue weighted by molar-refractivity contribution is 9.10. The Labute approximate surface area is 126 Å². The van der Waals surface area contributed by atoms with Gasteiger partial charge in [0.15, 0.2) is 11.5 Å². The second kappa shape index (κ2) is 5.44. The molecule has 0 spiro atoms. The maximum atomic E-state index is 5.77. The normalized spacial score (nSPS) is 21.2. The summed E-state index contributed by atoms with van der Waals surface area (Å²) in [6.07, 6.45) is 1.72. The fourth-order valence-corrected chi connectivity index (χ4v) is 3.04. The largest absolute Gasteiger partial charge is 0.486 e. The van der Waals surface area contributed by atoms with Gasteiger partial charge in [-0.15, -0.1) is 5.10 Å². The molecule has 1 unspecified atom stereocenters. The van der Waals surface area contributed by atoms with Crippen LogP contribution in [0.4, 0.5) is 0 Å². The minimum absolute atomic E-state index is 0.293. The number of nitrogens with two attached hydrogens (primary N) is 1. The lowest BCUT2D eigenvalue weighted by Gasteiger charge is -2.23. The topological polar surface area (TPSA) is 69.2 Å². The van der Waals surface area contributed by atoms with Crippen molar-refractivity contribution in [3.8, 4) is 11.5 Å². The number of amidine groups is 1. The van der Waals surface area contributed by atoms with Crippen molar-refractivity contribution in [3.05, 3.63) is 22.2 Å². The number of halogens is 1. The summed E-state index contributed by atoms with van der Waals surface area (Å²) in [4.78, 5) is 0. The van der Waals surface area contributed by atoms with E-state index in [-0.39, 0.29) is 0 Å². The third kappa shape index (κ3) is 2.40. The first-order chi connectivity index (χ1) is 9.69. The molecule has 2 heterocycles. The monoisotopic (exact) mass is 337 g/mol. The third-order valence-electron chi connectivity index (χ3n) is 3.51. The van der Waals surface area contributed by atoms with Crippen LogP contribution in [-0.4, -0.2) is 24.8 Å². The second-order valence-electron chi connectivity index (χ2n) is 4.87. The Morgan fingerprint density at radius 2 is 2.10 bits per heavy atom. The van der Waals surface area contributed by atoms with E-state index in [0.29, 0.717) is 25.0 Å². The van der Waals surface area contributed by atoms with Crippen LogP contribution >= 0.6 is 15.9 Å². The summed E-state index contributed by atoms with van der Waals surface area (Å²) in [7, 11) is 0. The zero-order valence-corrected chi connectivity index (χ0v) is 12.8. The van der Waals surface area contributed by atoms with E-state index in [1.165, 1.54) is 0 Å². The SMILES string of the molecule is CCC1CC(N)=NN=C1c1cc(Br)c2c(c1)OCCO2. The van der Waals surface area contributed by atoms with Gasteiger partial charge in [-0.3, -0.25) is 0 Å². The number of ether oxygens (including phenoxy) is 2. The van der Waals surface area contributed by atoms with Crippen LogP contribution in [0.15, 0.2) is 26.8 Å². The van der Waals surface area contributed by atoms with Crippen molar-refractivity contribution in [2.45, 2.75) is 19.8 Å². The van der Waals surface area contributed by atoms with Crippen LogP contribution in [0, 0.1) is 5.92 Å². The van der Waals surface area contributed by atoms with Crippen molar-refractivity contribution in [3.63, 3.8) is 0 Å². The Hall–Kier alpha value is -1.56.